The Hall–Kier alpha value is -0.120. The predicted octanol–water partition coefficient (Wildman–Crippen LogP) is 2.27. The van der Waals surface area contributed by atoms with Gasteiger partial charge in [-0.15, -0.1) is 0 Å². The highest BCUT2D eigenvalue weighted by atomic mass is 16.5. The third-order valence-electron chi connectivity index (χ3n) is 3.69. The Morgan fingerprint density at radius 1 is 1.29 bits per heavy atom. The van der Waals surface area contributed by atoms with Gasteiger partial charge in [0.05, 0.1) is 6.61 Å². The van der Waals surface area contributed by atoms with Crippen LogP contribution in [0, 0.1) is 0 Å². The van der Waals surface area contributed by atoms with Crippen molar-refractivity contribution in [3.63, 3.8) is 0 Å². The molecule has 2 atom stereocenters. The van der Waals surface area contributed by atoms with Crippen molar-refractivity contribution in [2.24, 2.45) is 0 Å². The molecule has 1 saturated heterocycles. The summed E-state index contributed by atoms with van der Waals surface area (Å²) in [5.41, 5.74) is 0. The van der Waals surface area contributed by atoms with E-state index < -0.39 is 0 Å². The fourth-order valence-corrected chi connectivity index (χ4v) is 2.68. The molecular formula is C14H30N2O. The van der Waals surface area contributed by atoms with Crippen molar-refractivity contribution in [3.05, 3.63) is 0 Å². The smallest absolute Gasteiger partial charge is 0.0615 e. The van der Waals surface area contributed by atoms with Gasteiger partial charge in [-0.3, -0.25) is 0 Å². The summed E-state index contributed by atoms with van der Waals surface area (Å²) in [4.78, 5) is 2.61. The Bertz CT molecular complexity index is 187. The molecule has 102 valence electrons. The second-order valence-corrected chi connectivity index (χ2v) is 5.20. The van der Waals surface area contributed by atoms with Crippen LogP contribution in [0.3, 0.4) is 0 Å². The van der Waals surface area contributed by atoms with Gasteiger partial charge in [-0.1, -0.05) is 13.8 Å². The summed E-state index contributed by atoms with van der Waals surface area (Å²) < 4.78 is 5.25. The Morgan fingerprint density at radius 3 is 2.76 bits per heavy atom. The van der Waals surface area contributed by atoms with Gasteiger partial charge in [-0.05, 0) is 51.7 Å². The van der Waals surface area contributed by atoms with E-state index in [2.05, 4.69) is 24.1 Å². The number of ether oxygens (including phenoxy) is 1. The van der Waals surface area contributed by atoms with Crippen LogP contribution in [0.25, 0.3) is 0 Å². The van der Waals surface area contributed by atoms with E-state index in [4.69, 9.17) is 4.74 Å². The quantitative estimate of drug-likeness (QED) is 0.741. The Morgan fingerprint density at radius 2 is 2.12 bits per heavy atom. The van der Waals surface area contributed by atoms with Gasteiger partial charge in [-0.2, -0.15) is 0 Å². The topological polar surface area (TPSA) is 24.5 Å². The zero-order valence-corrected chi connectivity index (χ0v) is 11.9. The number of rotatable bonds is 7. The molecule has 0 amide bonds. The first-order valence-electron chi connectivity index (χ1n) is 7.27. The molecule has 1 heterocycles. The summed E-state index contributed by atoms with van der Waals surface area (Å²) in [6, 6.07) is 1.22. The summed E-state index contributed by atoms with van der Waals surface area (Å²) in [7, 11) is 1.79. The van der Waals surface area contributed by atoms with Gasteiger partial charge in [0, 0.05) is 19.2 Å². The van der Waals surface area contributed by atoms with Gasteiger partial charge < -0.3 is 15.0 Å². The third kappa shape index (κ3) is 5.84. The predicted molar refractivity (Wildman–Crippen MR) is 73.5 cm³/mol. The molecule has 1 fully saturated rings. The molecule has 1 N–H and O–H groups in total. The van der Waals surface area contributed by atoms with E-state index >= 15 is 0 Å². The first kappa shape index (κ1) is 14.9. The van der Waals surface area contributed by atoms with E-state index in [1.807, 2.05) is 0 Å². The summed E-state index contributed by atoms with van der Waals surface area (Å²) in [6.07, 6.45) is 6.38. The van der Waals surface area contributed by atoms with Gasteiger partial charge in [0.2, 0.25) is 0 Å². The third-order valence-corrected chi connectivity index (χ3v) is 3.69. The second kappa shape index (κ2) is 8.90. The monoisotopic (exact) mass is 242 g/mol. The highest BCUT2D eigenvalue weighted by Gasteiger charge is 2.18. The van der Waals surface area contributed by atoms with Crippen molar-refractivity contribution in [2.45, 2.75) is 58.0 Å². The molecule has 3 nitrogen and oxygen atoms in total. The lowest BCUT2D eigenvalue weighted by atomic mass is 10.1. The lowest BCUT2D eigenvalue weighted by Gasteiger charge is -2.24. The molecule has 0 aromatic rings. The fourth-order valence-electron chi connectivity index (χ4n) is 2.68. The maximum Gasteiger partial charge on any atom is 0.0615 e. The minimum absolute atomic E-state index is 0.530. The lowest BCUT2D eigenvalue weighted by Crippen LogP contribution is -2.41. The van der Waals surface area contributed by atoms with Gasteiger partial charge >= 0.3 is 0 Å². The van der Waals surface area contributed by atoms with Gasteiger partial charge in [0.25, 0.3) is 0 Å². The Balaban J connectivity index is 2.29. The molecule has 0 aromatic carbocycles. The Kier molecular flexibility index (Phi) is 7.82. The molecule has 1 aliphatic rings. The normalized spacial score (nSPS) is 24.5. The lowest BCUT2D eigenvalue weighted by molar-refractivity contribution is 0.156. The standard InChI is InChI=1S/C14H30N2O/c1-4-9-16-10-6-7-14(8-11-16)15-13(5-2)12-17-3/h13-15H,4-12H2,1-3H3. The number of hydrogen-bond donors (Lipinski definition) is 1. The van der Waals surface area contributed by atoms with Gasteiger partial charge in [0.15, 0.2) is 0 Å². The van der Waals surface area contributed by atoms with E-state index in [0.717, 1.165) is 13.0 Å². The molecular weight excluding hydrogens is 212 g/mol. The van der Waals surface area contributed by atoms with Crippen LogP contribution < -0.4 is 5.32 Å². The van der Waals surface area contributed by atoms with Crippen LogP contribution >= 0.6 is 0 Å². The van der Waals surface area contributed by atoms with Crippen molar-refractivity contribution in [1.82, 2.24) is 10.2 Å². The number of nitrogens with zero attached hydrogens (tertiary/aromatic N) is 1. The van der Waals surface area contributed by atoms with Gasteiger partial charge in [0.1, 0.15) is 0 Å². The van der Waals surface area contributed by atoms with Crippen LogP contribution in [-0.4, -0.2) is 50.3 Å². The van der Waals surface area contributed by atoms with E-state index in [1.165, 1.54) is 45.3 Å². The average Bonchev–Trinajstić information content (AvgIpc) is 2.55. The van der Waals surface area contributed by atoms with Gasteiger partial charge in [-0.25, -0.2) is 0 Å². The zero-order valence-electron chi connectivity index (χ0n) is 11.9. The molecule has 1 aliphatic heterocycles. The van der Waals surface area contributed by atoms with E-state index in [-0.39, 0.29) is 0 Å². The maximum absolute atomic E-state index is 5.25. The molecule has 0 spiro atoms. The average molecular weight is 242 g/mol. The van der Waals surface area contributed by atoms with Crippen molar-refractivity contribution in [3.8, 4) is 0 Å². The molecule has 17 heavy (non-hydrogen) atoms. The zero-order chi connectivity index (χ0) is 12.5. The first-order chi connectivity index (χ1) is 8.30. The highest BCUT2D eigenvalue weighted by Crippen LogP contribution is 2.12. The number of hydrogen-bond acceptors (Lipinski definition) is 3. The largest absolute Gasteiger partial charge is 0.383 e. The first-order valence-corrected chi connectivity index (χ1v) is 7.27. The van der Waals surface area contributed by atoms with Crippen LogP contribution in [-0.2, 0) is 4.74 Å². The summed E-state index contributed by atoms with van der Waals surface area (Å²) in [5, 5.41) is 3.76. The number of nitrogens with one attached hydrogen (secondary N) is 1. The molecule has 0 aliphatic carbocycles. The summed E-state index contributed by atoms with van der Waals surface area (Å²) >= 11 is 0. The maximum atomic E-state index is 5.25. The van der Waals surface area contributed by atoms with Crippen LogP contribution in [0.4, 0.5) is 0 Å². The second-order valence-electron chi connectivity index (χ2n) is 5.20. The molecule has 3 heteroatoms. The minimum Gasteiger partial charge on any atom is -0.383 e. The molecule has 0 saturated carbocycles. The number of methoxy groups -OCH3 is 1. The molecule has 0 bridgehead atoms. The minimum atomic E-state index is 0.530. The number of likely N-dealkylation sites (tertiary alicyclic amines) is 1. The Labute approximate surface area is 107 Å². The van der Waals surface area contributed by atoms with E-state index in [1.54, 1.807) is 7.11 Å². The van der Waals surface area contributed by atoms with Crippen molar-refractivity contribution >= 4 is 0 Å². The van der Waals surface area contributed by atoms with Crippen molar-refractivity contribution in [1.29, 1.82) is 0 Å². The summed E-state index contributed by atoms with van der Waals surface area (Å²) in [5.74, 6) is 0. The molecule has 0 aromatic heterocycles. The van der Waals surface area contributed by atoms with Crippen LogP contribution in [0.2, 0.25) is 0 Å². The van der Waals surface area contributed by atoms with Crippen molar-refractivity contribution < 1.29 is 4.74 Å². The SMILES string of the molecule is CCCN1CCCC(NC(CC)COC)CC1. The van der Waals surface area contributed by atoms with Crippen molar-refractivity contribution in [2.75, 3.05) is 33.4 Å². The van der Waals surface area contributed by atoms with Crippen LogP contribution in [0.15, 0.2) is 0 Å². The molecule has 1 rings (SSSR count). The van der Waals surface area contributed by atoms with E-state index in [9.17, 15) is 0 Å². The van der Waals surface area contributed by atoms with Crippen LogP contribution in [0.1, 0.15) is 46.0 Å². The molecule has 2 unspecified atom stereocenters. The summed E-state index contributed by atoms with van der Waals surface area (Å²) in [6.45, 7) is 9.15. The highest BCUT2D eigenvalue weighted by molar-refractivity contribution is 4.78. The van der Waals surface area contributed by atoms with Crippen LogP contribution in [0.5, 0.6) is 0 Å². The molecule has 0 radical (unpaired) electrons. The fraction of sp³-hybridized carbons (Fsp3) is 1.00. The van der Waals surface area contributed by atoms with E-state index in [0.29, 0.717) is 12.1 Å².